The molecule has 0 bridgehead atoms. The standard InChI is InChI=1S/C11H11Cl2NO2/c12-7-1-4-9(13)10(5-7)16-6-11(15)14-8-2-3-8/h1,4-5,8H,2-3,6H2,(H,14,15). The second-order valence-electron chi connectivity index (χ2n) is 3.71. The van der Waals surface area contributed by atoms with Crippen LogP contribution < -0.4 is 10.1 Å². The molecule has 86 valence electrons. The molecule has 0 saturated heterocycles. The molecule has 0 unspecified atom stereocenters. The van der Waals surface area contributed by atoms with E-state index in [0.29, 0.717) is 21.8 Å². The quantitative estimate of drug-likeness (QED) is 0.903. The van der Waals surface area contributed by atoms with Gasteiger partial charge >= 0.3 is 0 Å². The highest BCUT2D eigenvalue weighted by atomic mass is 35.5. The van der Waals surface area contributed by atoms with Crippen molar-refractivity contribution in [3.8, 4) is 5.75 Å². The molecule has 0 spiro atoms. The van der Waals surface area contributed by atoms with E-state index in [0.717, 1.165) is 12.8 Å². The fourth-order valence-corrected chi connectivity index (χ4v) is 1.56. The number of ether oxygens (including phenoxy) is 1. The molecule has 5 heteroatoms. The third-order valence-corrected chi connectivity index (χ3v) is 2.74. The van der Waals surface area contributed by atoms with E-state index >= 15 is 0 Å². The molecule has 0 aromatic heterocycles. The highest BCUT2D eigenvalue weighted by Gasteiger charge is 2.23. The van der Waals surface area contributed by atoms with E-state index in [1.165, 1.54) is 0 Å². The van der Waals surface area contributed by atoms with Crippen molar-refractivity contribution in [3.63, 3.8) is 0 Å². The Hall–Kier alpha value is -0.930. The van der Waals surface area contributed by atoms with Crippen LogP contribution in [0.25, 0.3) is 0 Å². The smallest absolute Gasteiger partial charge is 0.258 e. The highest BCUT2D eigenvalue weighted by Crippen LogP contribution is 2.27. The molecule has 1 N–H and O–H groups in total. The first-order valence-electron chi connectivity index (χ1n) is 5.02. The summed E-state index contributed by atoms with van der Waals surface area (Å²) in [5.74, 6) is 0.304. The molecule has 16 heavy (non-hydrogen) atoms. The van der Waals surface area contributed by atoms with Crippen LogP contribution in [0.3, 0.4) is 0 Å². The van der Waals surface area contributed by atoms with Crippen LogP contribution in [-0.4, -0.2) is 18.6 Å². The van der Waals surface area contributed by atoms with E-state index in [4.69, 9.17) is 27.9 Å². The van der Waals surface area contributed by atoms with Crippen LogP contribution in [0.15, 0.2) is 18.2 Å². The van der Waals surface area contributed by atoms with Crippen LogP contribution in [-0.2, 0) is 4.79 Å². The van der Waals surface area contributed by atoms with Gasteiger partial charge in [-0.3, -0.25) is 4.79 Å². The minimum Gasteiger partial charge on any atom is -0.482 e. The van der Waals surface area contributed by atoms with Crippen LogP contribution in [0.2, 0.25) is 10.0 Å². The van der Waals surface area contributed by atoms with Crippen molar-refractivity contribution in [3.05, 3.63) is 28.2 Å². The zero-order valence-electron chi connectivity index (χ0n) is 8.50. The van der Waals surface area contributed by atoms with Crippen LogP contribution in [0.4, 0.5) is 0 Å². The summed E-state index contributed by atoms with van der Waals surface area (Å²) in [7, 11) is 0. The predicted octanol–water partition coefficient (Wildman–Crippen LogP) is 2.65. The first-order valence-corrected chi connectivity index (χ1v) is 5.78. The molecule has 1 aromatic carbocycles. The topological polar surface area (TPSA) is 38.3 Å². The average Bonchev–Trinajstić information content (AvgIpc) is 3.03. The maximum absolute atomic E-state index is 11.4. The maximum Gasteiger partial charge on any atom is 0.258 e. The summed E-state index contributed by atoms with van der Waals surface area (Å²) in [5.41, 5.74) is 0. The molecule has 1 saturated carbocycles. The van der Waals surface area contributed by atoms with E-state index in [1.54, 1.807) is 18.2 Å². The minimum atomic E-state index is -0.126. The Bertz CT molecular complexity index is 405. The lowest BCUT2D eigenvalue weighted by molar-refractivity contribution is -0.123. The van der Waals surface area contributed by atoms with Gasteiger partial charge in [0.05, 0.1) is 5.02 Å². The first-order chi connectivity index (χ1) is 7.65. The third-order valence-electron chi connectivity index (χ3n) is 2.19. The van der Waals surface area contributed by atoms with Gasteiger partial charge in [0.2, 0.25) is 0 Å². The summed E-state index contributed by atoms with van der Waals surface area (Å²) in [6.07, 6.45) is 2.12. The van der Waals surface area contributed by atoms with Gasteiger partial charge in [-0.2, -0.15) is 0 Å². The molecule has 1 aliphatic rings. The van der Waals surface area contributed by atoms with Gasteiger partial charge in [-0.1, -0.05) is 23.2 Å². The van der Waals surface area contributed by atoms with E-state index < -0.39 is 0 Å². The van der Waals surface area contributed by atoms with Gasteiger partial charge < -0.3 is 10.1 Å². The van der Waals surface area contributed by atoms with Crippen molar-refractivity contribution >= 4 is 29.1 Å². The lowest BCUT2D eigenvalue weighted by atomic mass is 10.3. The Balaban J connectivity index is 1.87. The normalized spacial score (nSPS) is 14.6. The zero-order valence-corrected chi connectivity index (χ0v) is 10.0. The van der Waals surface area contributed by atoms with Gasteiger partial charge in [-0.15, -0.1) is 0 Å². The predicted molar refractivity (Wildman–Crippen MR) is 63.1 cm³/mol. The second-order valence-corrected chi connectivity index (χ2v) is 4.55. The van der Waals surface area contributed by atoms with Crippen LogP contribution in [0.5, 0.6) is 5.75 Å². The molecule has 1 aliphatic carbocycles. The molecule has 3 nitrogen and oxygen atoms in total. The summed E-state index contributed by atoms with van der Waals surface area (Å²) in [5, 5.41) is 3.80. The Morgan fingerprint density at radius 1 is 1.44 bits per heavy atom. The molecule has 1 amide bonds. The van der Waals surface area contributed by atoms with Gasteiger partial charge in [0, 0.05) is 17.1 Å². The number of halogens is 2. The van der Waals surface area contributed by atoms with Gasteiger partial charge in [0.15, 0.2) is 6.61 Å². The van der Waals surface area contributed by atoms with Crippen molar-refractivity contribution in [2.24, 2.45) is 0 Å². The zero-order chi connectivity index (χ0) is 11.5. The second kappa shape index (κ2) is 4.93. The van der Waals surface area contributed by atoms with Crippen LogP contribution >= 0.6 is 23.2 Å². The Morgan fingerprint density at radius 3 is 2.88 bits per heavy atom. The lowest BCUT2D eigenvalue weighted by Crippen LogP contribution is -2.30. The molecule has 0 heterocycles. The number of nitrogens with one attached hydrogen (secondary N) is 1. The highest BCUT2D eigenvalue weighted by molar-refractivity contribution is 6.34. The molecule has 0 radical (unpaired) electrons. The molecule has 1 aromatic rings. The van der Waals surface area contributed by atoms with Crippen molar-refractivity contribution in [2.75, 3.05) is 6.61 Å². The van der Waals surface area contributed by atoms with Crippen molar-refractivity contribution in [1.29, 1.82) is 0 Å². The number of carbonyl (C=O) groups is 1. The number of carbonyl (C=O) groups excluding carboxylic acids is 1. The third kappa shape index (κ3) is 3.29. The fourth-order valence-electron chi connectivity index (χ4n) is 1.23. The maximum atomic E-state index is 11.4. The summed E-state index contributed by atoms with van der Waals surface area (Å²) < 4.78 is 5.28. The number of rotatable bonds is 4. The fraction of sp³-hybridized carbons (Fsp3) is 0.364. The van der Waals surface area contributed by atoms with Crippen molar-refractivity contribution in [2.45, 2.75) is 18.9 Å². The van der Waals surface area contributed by atoms with Crippen molar-refractivity contribution < 1.29 is 9.53 Å². The van der Waals surface area contributed by atoms with Crippen LogP contribution in [0, 0.1) is 0 Å². The number of benzene rings is 1. The monoisotopic (exact) mass is 259 g/mol. The molecule has 2 rings (SSSR count). The number of hydrogen-bond acceptors (Lipinski definition) is 2. The summed E-state index contributed by atoms with van der Waals surface area (Å²) in [6.45, 7) is -0.0312. The Kier molecular flexibility index (Phi) is 3.56. The summed E-state index contributed by atoms with van der Waals surface area (Å²) in [4.78, 5) is 11.4. The lowest BCUT2D eigenvalue weighted by Gasteiger charge is -2.08. The van der Waals surface area contributed by atoms with Crippen LogP contribution in [0.1, 0.15) is 12.8 Å². The SMILES string of the molecule is O=C(COc1cc(Cl)ccc1Cl)NC1CC1. The molecular weight excluding hydrogens is 249 g/mol. The average molecular weight is 260 g/mol. The molecule has 0 atom stereocenters. The number of hydrogen-bond donors (Lipinski definition) is 1. The summed E-state index contributed by atoms with van der Waals surface area (Å²) in [6, 6.07) is 5.23. The van der Waals surface area contributed by atoms with E-state index in [2.05, 4.69) is 5.32 Å². The molecular formula is C11H11Cl2NO2. The van der Waals surface area contributed by atoms with Gasteiger partial charge in [0.25, 0.3) is 5.91 Å². The van der Waals surface area contributed by atoms with E-state index in [1.807, 2.05) is 0 Å². The molecule has 0 aliphatic heterocycles. The van der Waals surface area contributed by atoms with E-state index in [-0.39, 0.29) is 12.5 Å². The number of amides is 1. The Labute approximate surface area is 104 Å². The van der Waals surface area contributed by atoms with Gasteiger partial charge in [-0.25, -0.2) is 0 Å². The van der Waals surface area contributed by atoms with Gasteiger partial charge in [0.1, 0.15) is 5.75 Å². The Morgan fingerprint density at radius 2 is 2.19 bits per heavy atom. The van der Waals surface area contributed by atoms with Crippen molar-refractivity contribution in [1.82, 2.24) is 5.32 Å². The van der Waals surface area contributed by atoms with Gasteiger partial charge in [-0.05, 0) is 25.0 Å². The largest absolute Gasteiger partial charge is 0.482 e. The minimum absolute atomic E-state index is 0.0312. The van der Waals surface area contributed by atoms with E-state index in [9.17, 15) is 4.79 Å². The summed E-state index contributed by atoms with van der Waals surface area (Å²) >= 11 is 11.7. The first kappa shape index (κ1) is 11.6. The molecule has 1 fully saturated rings.